The minimum atomic E-state index is 0.636. The van der Waals surface area contributed by atoms with E-state index in [-0.39, 0.29) is 0 Å². The highest BCUT2D eigenvalue weighted by Gasteiger charge is 2.14. The normalized spacial score (nSPS) is 11.1. The summed E-state index contributed by atoms with van der Waals surface area (Å²) in [4.78, 5) is 11.0. The zero-order valence-corrected chi connectivity index (χ0v) is 16.3. The van der Waals surface area contributed by atoms with Crippen LogP contribution in [0.15, 0.2) is 40.0 Å². The lowest BCUT2D eigenvalue weighted by Gasteiger charge is -2.12. The lowest BCUT2D eigenvalue weighted by Crippen LogP contribution is -2.08. The summed E-state index contributed by atoms with van der Waals surface area (Å²) in [5.74, 6) is 2.03. The highest BCUT2D eigenvalue weighted by Crippen LogP contribution is 2.26. The van der Waals surface area contributed by atoms with Gasteiger partial charge in [-0.05, 0) is 38.5 Å². The molecule has 0 saturated carbocycles. The Morgan fingerprint density at radius 3 is 2.48 bits per heavy atom. The van der Waals surface area contributed by atoms with Gasteiger partial charge in [0.05, 0.1) is 17.0 Å². The molecule has 7 nitrogen and oxygen atoms in total. The third-order valence-corrected chi connectivity index (χ3v) is 4.18. The van der Waals surface area contributed by atoms with Crippen molar-refractivity contribution in [3.05, 3.63) is 53.2 Å². The minimum absolute atomic E-state index is 0.636. The third kappa shape index (κ3) is 4.49. The molecule has 140 valence electrons. The maximum absolute atomic E-state index is 5.24. The van der Waals surface area contributed by atoms with Crippen LogP contribution in [0.3, 0.4) is 0 Å². The SMILES string of the molecule is Cc1nc(NN=CCc2ccc(N(C)C)cc2)cc(-c2c(C)noc2C)n1. The first-order valence-corrected chi connectivity index (χ1v) is 8.77. The first-order valence-electron chi connectivity index (χ1n) is 8.77. The van der Waals surface area contributed by atoms with Crippen LogP contribution < -0.4 is 10.3 Å². The van der Waals surface area contributed by atoms with Crippen molar-refractivity contribution in [2.75, 3.05) is 24.4 Å². The zero-order valence-electron chi connectivity index (χ0n) is 16.3. The van der Waals surface area contributed by atoms with Gasteiger partial charge in [-0.2, -0.15) is 5.10 Å². The average molecular weight is 364 g/mol. The Morgan fingerprint density at radius 1 is 1.11 bits per heavy atom. The van der Waals surface area contributed by atoms with Crippen molar-refractivity contribution in [2.24, 2.45) is 5.10 Å². The smallest absolute Gasteiger partial charge is 0.150 e. The van der Waals surface area contributed by atoms with Crippen LogP contribution >= 0.6 is 0 Å². The van der Waals surface area contributed by atoms with Crippen LogP contribution in [0.4, 0.5) is 11.5 Å². The van der Waals surface area contributed by atoms with Crippen molar-refractivity contribution < 1.29 is 4.52 Å². The van der Waals surface area contributed by atoms with Crippen molar-refractivity contribution in [1.82, 2.24) is 15.1 Å². The van der Waals surface area contributed by atoms with Crippen LogP contribution in [0.5, 0.6) is 0 Å². The Morgan fingerprint density at radius 2 is 1.85 bits per heavy atom. The number of nitrogens with zero attached hydrogens (tertiary/aromatic N) is 5. The molecule has 0 aliphatic rings. The fraction of sp³-hybridized carbons (Fsp3) is 0.300. The van der Waals surface area contributed by atoms with Gasteiger partial charge in [-0.3, -0.25) is 5.43 Å². The quantitative estimate of drug-likeness (QED) is 0.530. The number of hydrazone groups is 1. The summed E-state index contributed by atoms with van der Waals surface area (Å²) < 4.78 is 5.24. The molecule has 0 amide bonds. The van der Waals surface area contributed by atoms with Gasteiger partial charge in [0.15, 0.2) is 0 Å². The second-order valence-electron chi connectivity index (χ2n) is 6.57. The summed E-state index contributed by atoms with van der Waals surface area (Å²) in [6, 6.07) is 10.3. The van der Waals surface area contributed by atoms with E-state index in [1.54, 1.807) is 0 Å². The van der Waals surface area contributed by atoms with Gasteiger partial charge in [0.1, 0.15) is 17.4 Å². The fourth-order valence-corrected chi connectivity index (χ4v) is 2.79. The van der Waals surface area contributed by atoms with Gasteiger partial charge >= 0.3 is 0 Å². The first kappa shape index (κ1) is 18.6. The first-order chi connectivity index (χ1) is 12.9. The lowest BCUT2D eigenvalue weighted by molar-refractivity contribution is 0.393. The molecule has 0 radical (unpaired) electrons. The largest absolute Gasteiger partial charge is 0.378 e. The molecule has 3 rings (SSSR count). The maximum Gasteiger partial charge on any atom is 0.150 e. The second-order valence-corrected chi connectivity index (χ2v) is 6.57. The summed E-state index contributed by atoms with van der Waals surface area (Å²) in [5.41, 5.74) is 7.84. The van der Waals surface area contributed by atoms with Crippen LogP contribution in [0.1, 0.15) is 22.8 Å². The topological polar surface area (TPSA) is 79.4 Å². The molecule has 0 atom stereocenters. The Kier molecular flexibility index (Phi) is 5.49. The highest BCUT2D eigenvalue weighted by molar-refractivity contribution is 5.67. The number of anilines is 2. The Balaban J connectivity index is 1.68. The summed E-state index contributed by atoms with van der Waals surface area (Å²) >= 11 is 0. The molecule has 0 spiro atoms. The molecule has 0 aliphatic heterocycles. The van der Waals surface area contributed by atoms with E-state index in [9.17, 15) is 0 Å². The molecule has 0 fully saturated rings. The van der Waals surface area contributed by atoms with Gasteiger partial charge in [-0.1, -0.05) is 17.3 Å². The van der Waals surface area contributed by atoms with Crippen molar-refractivity contribution in [3.8, 4) is 11.3 Å². The van der Waals surface area contributed by atoms with E-state index < -0.39 is 0 Å². The van der Waals surface area contributed by atoms with Crippen LogP contribution in [0, 0.1) is 20.8 Å². The van der Waals surface area contributed by atoms with Crippen LogP contribution in [0.25, 0.3) is 11.3 Å². The minimum Gasteiger partial charge on any atom is -0.378 e. The monoisotopic (exact) mass is 364 g/mol. The van der Waals surface area contributed by atoms with E-state index in [0.29, 0.717) is 11.6 Å². The molecule has 3 aromatic rings. The average Bonchev–Trinajstić information content (AvgIpc) is 2.97. The molecular weight excluding hydrogens is 340 g/mol. The number of benzene rings is 1. The summed E-state index contributed by atoms with van der Waals surface area (Å²) in [6.07, 6.45) is 2.57. The zero-order chi connectivity index (χ0) is 19.4. The van der Waals surface area contributed by atoms with Crippen molar-refractivity contribution in [1.29, 1.82) is 0 Å². The number of aryl methyl sites for hydroxylation is 3. The van der Waals surface area contributed by atoms with Gasteiger partial charge in [-0.25, -0.2) is 9.97 Å². The van der Waals surface area contributed by atoms with Gasteiger partial charge in [-0.15, -0.1) is 0 Å². The van der Waals surface area contributed by atoms with E-state index in [0.717, 1.165) is 29.1 Å². The van der Waals surface area contributed by atoms with Gasteiger partial charge in [0.2, 0.25) is 0 Å². The Labute approximate surface area is 159 Å². The maximum atomic E-state index is 5.24. The van der Waals surface area contributed by atoms with E-state index >= 15 is 0 Å². The molecule has 27 heavy (non-hydrogen) atoms. The van der Waals surface area contributed by atoms with Crippen LogP contribution in [-0.2, 0) is 6.42 Å². The molecule has 2 aromatic heterocycles. The predicted molar refractivity (Wildman–Crippen MR) is 108 cm³/mol. The lowest BCUT2D eigenvalue weighted by atomic mass is 10.1. The summed E-state index contributed by atoms with van der Waals surface area (Å²) in [7, 11) is 4.06. The molecular formula is C20H24N6O. The van der Waals surface area contributed by atoms with Crippen molar-refractivity contribution >= 4 is 17.7 Å². The van der Waals surface area contributed by atoms with Gasteiger partial charge in [0.25, 0.3) is 0 Å². The Bertz CT molecular complexity index is 924. The van der Waals surface area contributed by atoms with E-state index in [1.165, 1.54) is 11.3 Å². The number of aromatic nitrogens is 3. The summed E-state index contributed by atoms with van der Waals surface area (Å²) in [6.45, 7) is 5.62. The molecule has 2 heterocycles. The second kappa shape index (κ2) is 7.99. The predicted octanol–water partition coefficient (Wildman–Crippen LogP) is 3.76. The van der Waals surface area contributed by atoms with Crippen molar-refractivity contribution in [2.45, 2.75) is 27.2 Å². The van der Waals surface area contributed by atoms with E-state index in [1.807, 2.05) is 47.1 Å². The molecule has 1 N–H and O–H groups in total. The summed E-state index contributed by atoms with van der Waals surface area (Å²) in [5, 5.41) is 8.28. The Hall–Kier alpha value is -3.22. The number of hydrogen-bond donors (Lipinski definition) is 1. The standard InChI is InChI=1S/C20H24N6O/c1-13-20(14(2)27-25-13)18-12-19(23-15(3)22-18)24-21-11-10-16-6-8-17(9-7-16)26(4)5/h6-9,11-12H,10H2,1-5H3,(H,22,23,24). The third-order valence-electron chi connectivity index (χ3n) is 4.18. The molecule has 0 aliphatic carbocycles. The fourth-order valence-electron chi connectivity index (χ4n) is 2.79. The molecule has 7 heteroatoms. The van der Waals surface area contributed by atoms with E-state index in [2.05, 4.69) is 54.8 Å². The number of hydrogen-bond acceptors (Lipinski definition) is 7. The molecule has 0 unspecified atom stereocenters. The van der Waals surface area contributed by atoms with Crippen molar-refractivity contribution in [3.63, 3.8) is 0 Å². The van der Waals surface area contributed by atoms with Crippen LogP contribution in [-0.4, -0.2) is 35.4 Å². The highest BCUT2D eigenvalue weighted by atomic mass is 16.5. The van der Waals surface area contributed by atoms with Gasteiger partial charge < -0.3 is 9.42 Å². The van der Waals surface area contributed by atoms with Crippen LogP contribution in [0.2, 0.25) is 0 Å². The number of nitrogens with one attached hydrogen (secondary N) is 1. The molecule has 0 saturated heterocycles. The molecule has 1 aromatic carbocycles. The molecule has 0 bridgehead atoms. The van der Waals surface area contributed by atoms with Gasteiger partial charge in [0, 0.05) is 38.5 Å². The van der Waals surface area contributed by atoms with E-state index in [4.69, 9.17) is 4.52 Å². The number of rotatable bonds is 6.